The zero-order valence-corrected chi connectivity index (χ0v) is 14.5. The summed E-state index contributed by atoms with van der Waals surface area (Å²) in [6.45, 7) is 0. The normalized spacial score (nSPS) is 12.5. The van der Waals surface area contributed by atoms with Gasteiger partial charge in [0.15, 0.2) is 0 Å². The number of thiophene rings is 1. The van der Waals surface area contributed by atoms with Crippen molar-refractivity contribution < 1.29 is 9.37 Å². The fraction of sp³-hybridized carbons (Fsp3) is 0.105. The Hall–Kier alpha value is -2.24. The van der Waals surface area contributed by atoms with Crippen LogP contribution in [0.15, 0.2) is 59.3 Å². The Balaban J connectivity index is 1.79. The highest BCUT2D eigenvalue weighted by Gasteiger charge is 2.23. The minimum Gasteiger partial charge on any atom is -0.278 e. The number of H-pyrrole nitrogens is 1. The summed E-state index contributed by atoms with van der Waals surface area (Å²) in [7, 11) is 0. The van der Waals surface area contributed by atoms with E-state index in [-0.39, 0.29) is 11.7 Å². The summed E-state index contributed by atoms with van der Waals surface area (Å²) in [4.78, 5) is 3.29. The van der Waals surface area contributed by atoms with E-state index in [1.165, 1.54) is 39.1 Å². The molecule has 0 aliphatic rings. The predicted octanol–water partition coefficient (Wildman–Crippen LogP) is 4.87. The van der Waals surface area contributed by atoms with Crippen LogP contribution in [0.1, 0.15) is 22.7 Å². The highest BCUT2D eigenvalue weighted by atomic mass is 32.1. The highest BCUT2D eigenvalue weighted by Crippen LogP contribution is 2.36. The Morgan fingerprint density at radius 3 is 2.54 bits per heavy atom. The van der Waals surface area contributed by atoms with Crippen LogP contribution in [0.2, 0.25) is 0 Å². The minimum atomic E-state index is -0.206. The van der Waals surface area contributed by atoms with E-state index in [0.29, 0.717) is 5.13 Å². The van der Waals surface area contributed by atoms with E-state index in [2.05, 4.69) is 40.0 Å². The van der Waals surface area contributed by atoms with Crippen molar-refractivity contribution in [2.24, 2.45) is 0 Å². The Kier molecular flexibility index (Phi) is 4.04. The minimum absolute atomic E-state index is 0.167. The first-order valence-corrected chi connectivity index (χ1v) is 9.43. The SMILES string of the molecule is Nc1[nH+]c(C(Cc2ccc(F)cc2)c2csc3ccccc23)cs1. The molecule has 1 atom stereocenters. The smallest absolute Gasteiger partial charge is 0.278 e. The third kappa shape index (κ3) is 2.92. The molecule has 0 aliphatic carbocycles. The van der Waals surface area contributed by atoms with Crippen molar-refractivity contribution in [2.45, 2.75) is 12.3 Å². The third-order valence-corrected chi connectivity index (χ3v) is 5.90. The molecular weight excluding hydrogens is 339 g/mol. The fourth-order valence-corrected chi connectivity index (χ4v) is 4.68. The molecule has 0 aliphatic heterocycles. The number of fused-ring (bicyclic) bond motifs is 1. The molecule has 0 saturated carbocycles. The van der Waals surface area contributed by atoms with Crippen LogP contribution in [0.3, 0.4) is 0 Å². The molecule has 1 unspecified atom stereocenters. The molecule has 0 amide bonds. The molecule has 2 aromatic carbocycles. The van der Waals surface area contributed by atoms with Crippen LogP contribution in [0.25, 0.3) is 10.1 Å². The van der Waals surface area contributed by atoms with Crippen LogP contribution in [0.4, 0.5) is 9.52 Å². The molecule has 24 heavy (non-hydrogen) atoms. The molecule has 0 radical (unpaired) electrons. The van der Waals surface area contributed by atoms with Gasteiger partial charge in [0.2, 0.25) is 0 Å². The first kappa shape index (κ1) is 15.3. The van der Waals surface area contributed by atoms with Crippen molar-refractivity contribution in [2.75, 3.05) is 5.73 Å². The van der Waals surface area contributed by atoms with Gasteiger partial charge in [-0.05, 0) is 46.5 Å². The van der Waals surface area contributed by atoms with Gasteiger partial charge in [-0.1, -0.05) is 41.7 Å². The van der Waals surface area contributed by atoms with E-state index >= 15 is 0 Å². The zero-order chi connectivity index (χ0) is 16.5. The van der Waals surface area contributed by atoms with Gasteiger partial charge in [-0.15, -0.1) is 11.3 Å². The molecule has 0 saturated heterocycles. The van der Waals surface area contributed by atoms with E-state index in [9.17, 15) is 4.39 Å². The molecule has 4 rings (SSSR count). The molecule has 2 aromatic heterocycles. The van der Waals surface area contributed by atoms with Crippen LogP contribution in [-0.2, 0) is 6.42 Å². The monoisotopic (exact) mass is 355 g/mol. The Morgan fingerprint density at radius 1 is 1.00 bits per heavy atom. The summed E-state index contributed by atoms with van der Waals surface area (Å²) < 4.78 is 14.5. The maximum atomic E-state index is 13.2. The molecule has 3 N–H and O–H groups in total. The van der Waals surface area contributed by atoms with Crippen LogP contribution in [0, 0.1) is 5.82 Å². The maximum absolute atomic E-state index is 13.2. The molecule has 0 fully saturated rings. The van der Waals surface area contributed by atoms with Crippen LogP contribution in [0.5, 0.6) is 0 Å². The van der Waals surface area contributed by atoms with E-state index in [1.807, 2.05) is 12.1 Å². The molecular formula is C19H16FN2S2+. The van der Waals surface area contributed by atoms with Gasteiger partial charge in [-0.25, -0.2) is 9.37 Å². The first-order chi connectivity index (χ1) is 11.7. The first-order valence-electron chi connectivity index (χ1n) is 7.67. The second-order valence-corrected chi connectivity index (χ2v) is 7.57. The van der Waals surface area contributed by atoms with Gasteiger partial charge in [0, 0.05) is 10.1 Å². The number of hydrogen-bond acceptors (Lipinski definition) is 3. The largest absolute Gasteiger partial charge is 0.329 e. The topological polar surface area (TPSA) is 40.2 Å². The highest BCUT2D eigenvalue weighted by molar-refractivity contribution is 7.17. The number of anilines is 1. The number of thiazole rings is 1. The lowest BCUT2D eigenvalue weighted by molar-refractivity contribution is -0.368. The standard InChI is InChI=1S/C19H15FN2S2/c20-13-7-5-12(6-8-13)9-15(17-11-24-19(21)22-17)16-10-23-18-4-2-1-3-14(16)18/h1-8,10-11,15H,9H2,(H2,21,22)/p+1. The van der Waals surface area contributed by atoms with Crippen LogP contribution in [-0.4, -0.2) is 0 Å². The maximum Gasteiger partial charge on any atom is 0.329 e. The predicted molar refractivity (Wildman–Crippen MR) is 99.1 cm³/mol. The Bertz CT molecular complexity index is 972. The molecule has 4 aromatic rings. The van der Waals surface area contributed by atoms with Crippen LogP contribution >= 0.6 is 22.7 Å². The third-order valence-electron chi connectivity index (χ3n) is 4.20. The number of aromatic amines is 1. The average molecular weight is 355 g/mol. The van der Waals surface area contributed by atoms with Gasteiger partial charge in [-0.2, -0.15) is 0 Å². The Labute approximate surface area is 147 Å². The Morgan fingerprint density at radius 2 is 1.79 bits per heavy atom. The molecule has 0 spiro atoms. The van der Waals surface area contributed by atoms with Crippen molar-refractivity contribution in [3.8, 4) is 0 Å². The van der Waals surface area contributed by atoms with Gasteiger partial charge in [0.05, 0.1) is 5.92 Å². The quantitative estimate of drug-likeness (QED) is 0.557. The second kappa shape index (κ2) is 6.34. The molecule has 5 heteroatoms. The number of nitrogen functional groups attached to an aromatic ring is 1. The van der Waals surface area contributed by atoms with E-state index in [4.69, 9.17) is 5.73 Å². The summed E-state index contributed by atoms with van der Waals surface area (Å²) in [5.74, 6) is -0.0391. The van der Waals surface area contributed by atoms with Crippen molar-refractivity contribution in [1.82, 2.24) is 0 Å². The molecule has 2 heterocycles. The van der Waals surface area contributed by atoms with E-state index < -0.39 is 0 Å². The van der Waals surface area contributed by atoms with Gasteiger partial charge >= 0.3 is 5.13 Å². The molecule has 120 valence electrons. The van der Waals surface area contributed by atoms with E-state index in [0.717, 1.165) is 17.7 Å². The summed E-state index contributed by atoms with van der Waals surface area (Å²) in [6, 6.07) is 15.2. The van der Waals surface area contributed by atoms with Gasteiger partial charge in [0.1, 0.15) is 11.5 Å². The summed E-state index contributed by atoms with van der Waals surface area (Å²) in [5, 5.41) is 6.28. The van der Waals surface area contributed by atoms with Crippen molar-refractivity contribution in [1.29, 1.82) is 0 Å². The number of nitrogens with two attached hydrogens (primary N) is 1. The number of hydrogen-bond donors (Lipinski definition) is 1. The van der Waals surface area contributed by atoms with Gasteiger partial charge < -0.3 is 0 Å². The lowest BCUT2D eigenvalue weighted by Crippen LogP contribution is -2.16. The van der Waals surface area contributed by atoms with E-state index in [1.54, 1.807) is 11.3 Å². The second-order valence-electron chi connectivity index (χ2n) is 5.75. The summed E-state index contributed by atoms with van der Waals surface area (Å²) in [5.41, 5.74) is 9.41. The number of aromatic nitrogens is 1. The van der Waals surface area contributed by atoms with Crippen molar-refractivity contribution in [3.05, 3.63) is 81.9 Å². The summed E-state index contributed by atoms with van der Waals surface area (Å²) >= 11 is 3.27. The van der Waals surface area contributed by atoms with Gasteiger partial charge in [-0.3, -0.25) is 5.73 Å². The summed E-state index contributed by atoms with van der Waals surface area (Å²) in [6.07, 6.45) is 0.799. The number of nitrogens with one attached hydrogen (secondary N) is 1. The number of halogens is 1. The van der Waals surface area contributed by atoms with Gasteiger partial charge in [0.25, 0.3) is 0 Å². The number of rotatable bonds is 4. The molecule has 2 nitrogen and oxygen atoms in total. The van der Waals surface area contributed by atoms with Crippen molar-refractivity contribution in [3.63, 3.8) is 0 Å². The average Bonchev–Trinajstić information content (AvgIpc) is 3.21. The lowest BCUT2D eigenvalue weighted by atomic mass is 9.89. The fourth-order valence-electron chi connectivity index (χ4n) is 3.01. The zero-order valence-electron chi connectivity index (χ0n) is 12.8. The molecule has 0 bridgehead atoms. The number of benzene rings is 2. The lowest BCUT2D eigenvalue weighted by Gasteiger charge is -2.13. The van der Waals surface area contributed by atoms with Crippen molar-refractivity contribution >= 4 is 37.9 Å². The van der Waals surface area contributed by atoms with Crippen LogP contribution < -0.4 is 10.7 Å².